The van der Waals surface area contributed by atoms with Crippen molar-refractivity contribution < 1.29 is 9.84 Å². The zero-order chi connectivity index (χ0) is 19.0. The van der Waals surface area contributed by atoms with Gasteiger partial charge in [-0.25, -0.2) is 0 Å². The molecule has 0 radical (unpaired) electrons. The van der Waals surface area contributed by atoms with Crippen molar-refractivity contribution in [1.29, 1.82) is 0 Å². The van der Waals surface area contributed by atoms with Gasteiger partial charge in [-0.3, -0.25) is 0 Å². The van der Waals surface area contributed by atoms with Gasteiger partial charge in [-0.2, -0.15) is 0 Å². The molecule has 0 saturated carbocycles. The second kappa shape index (κ2) is 7.51. The van der Waals surface area contributed by atoms with Crippen LogP contribution in [0.2, 0.25) is 0 Å². The Morgan fingerprint density at radius 1 is 0.852 bits per heavy atom. The van der Waals surface area contributed by atoms with Gasteiger partial charge in [0.1, 0.15) is 11.5 Å². The summed E-state index contributed by atoms with van der Waals surface area (Å²) in [5, 5.41) is 11.3. The number of phenolic OH excluding ortho intramolecular Hbond substituents is 1. The molecule has 0 bridgehead atoms. The van der Waals surface area contributed by atoms with Crippen molar-refractivity contribution in [1.82, 2.24) is 4.90 Å². The summed E-state index contributed by atoms with van der Waals surface area (Å²) < 4.78 is 6.12. The highest BCUT2D eigenvalue weighted by molar-refractivity contribution is 7.80. The number of rotatable bonds is 2. The smallest absolute Gasteiger partial charge is 0.264 e. The van der Waals surface area contributed by atoms with Gasteiger partial charge in [-0.05, 0) is 98.0 Å². The molecule has 2 aliphatic carbocycles. The summed E-state index contributed by atoms with van der Waals surface area (Å²) in [5.74, 6) is 1.12. The van der Waals surface area contributed by atoms with Crippen molar-refractivity contribution in [3.05, 3.63) is 46.5 Å². The predicted molar refractivity (Wildman–Crippen MR) is 114 cm³/mol. The average Bonchev–Trinajstić information content (AvgIpc) is 2.68. The summed E-state index contributed by atoms with van der Waals surface area (Å²) in [6.07, 6.45) is 9.02. The molecular weight excluding hydrogens is 354 g/mol. The number of benzene rings is 2. The van der Waals surface area contributed by atoms with Crippen LogP contribution >= 0.6 is 12.2 Å². The third-order valence-corrected chi connectivity index (χ3v) is 6.27. The first-order chi connectivity index (χ1) is 13.1. The van der Waals surface area contributed by atoms with E-state index >= 15 is 0 Å². The van der Waals surface area contributed by atoms with Gasteiger partial charge in [0.05, 0.1) is 0 Å². The Hall–Kier alpha value is -2.07. The quantitative estimate of drug-likeness (QED) is 0.739. The first-order valence-electron chi connectivity index (χ1n) is 9.94. The fourth-order valence-electron chi connectivity index (χ4n) is 4.45. The minimum atomic E-state index is 0.357. The lowest BCUT2D eigenvalue weighted by Crippen LogP contribution is -2.25. The lowest BCUT2D eigenvalue weighted by Gasteiger charge is -2.27. The fraction of sp³-hybridized carbons (Fsp3) is 0.435. The molecule has 0 fully saturated rings. The van der Waals surface area contributed by atoms with Gasteiger partial charge in [-0.15, -0.1) is 0 Å². The van der Waals surface area contributed by atoms with Crippen molar-refractivity contribution in [3.63, 3.8) is 0 Å². The van der Waals surface area contributed by atoms with Crippen LogP contribution in [0.1, 0.15) is 47.9 Å². The number of nitrogens with zero attached hydrogens (tertiary/aromatic N) is 1. The largest absolute Gasteiger partial charge is 0.507 e. The second-order valence-corrected chi connectivity index (χ2v) is 8.20. The van der Waals surface area contributed by atoms with Crippen LogP contribution in [0.3, 0.4) is 0 Å². The Bertz CT molecular complexity index is 888. The van der Waals surface area contributed by atoms with E-state index in [0.717, 1.165) is 42.6 Å². The number of aryl methyl sites for hydroxylation is 2. The summed E-state index contributed by atoms with van der Waals surface area (Å²) in [6.45, 7) is 0. The number of hydrogen-bond donors (Lipinski definition) is 1. The van der Waals surface area contributed by atoms with E-state index in [1.807, 2.05) is 26.2 Å². The number of hydrogen-bond acceptors (Lipinski definition) is 3. The minimum absolute atomic E-state index is 0.357. The lowest BCUT2D eigenvalue weighted by molar-refractivity contribution is 0.448. The Balaban J connectivity index is 1.95. The Labute approximate surface area is 167 Å². The maximum Gasteiger partial charge on any atom is 0.264 e. The van der Waals surface area contributed by atoms with Gasteiger partial charge >= 0.3 is 0 Å². The van der Waals surface area contributed by atoms with Gasteiger partial charge in [-0.1, -0.05) is 12.1 Å². The van der Waals surface area contributed by atoms with Gasteiger partial charge in [0, 0.05) is 25.2 Å². The van der Waals surface area contributed by atoms with Gasteiger partial charge < -0.3 is 14.7 Å². The first kappa shape index (κ1) is 18.3. The molecule has 142 valence electrons. The Morgan fingerprint density at radius 3 is 2.04 bits per heavy atom. The number of fused-ring (bicyclic) bond motifs is 2. The molecule has 0 spiro atoms. The predicted octanol–water partition coefficient (Wildman–Crippen LogP) is 5.04. The molecule has 1 N–H and O–H groups in total. The Morgan fingerprint density at radius 2 is 1.41 bits per heavy atom. The molecule has 0 amide bonds. The minimum Gasteiger partial charge on any atom is -0.507 e. The molecule has 0 saturated heterocycles. The van der Waals surface area contributed by atoms with E-state index in [-0.39, 0.29) is 0 Å². The summed E-state index contributed by atoms with van der Waals surface area (Å²) >= 11 is 5.42. The number of ether oxygens (including phenoxy) is 1. The molecule has 2 aromatic carbocycles. The monoisotopic (exact) mass is 381 g/mol. The van der Waals surface area contributed by atoms with E-state index < -0.39 is 0 Å². The second-order valence-electron chi connectivity index (χ2n) is 7.85. The van der Waals surface area contributed by atoms with Crippen molar-refractivity contribution in [2.45, 2.75) is 51.4 Å². The van der Waals surface area contributed by atoms with Crippen LogP contribution in [0.4, 0.5) is 0 Å². The van der Waals surface area contributed by atoms with Crippen LogP contribution in [0.15, 0.2) is 24.3 Å². The van der Waals surface area contributed by atoms with E-state index in [0.29, 0.717) is 10.9 Å². The van der Waals surface area contributed by atoms with Crippen molar-refractivity contribution in [2.75, 3.05) is 14.1 Å². The lowest BCUT2D eigenvalue weighted by atomic mass is 9.80. The topological polar surface area (TPSA) is 32.7 Å². The van der Waals surface area contributed by atoms with Crippen LogP contribution in [0.25, 0.3) is 11.1 Å². The standard InChI is InChI=1S/C23H27NO2S/c1-24(2)23(27)26-20-14-12-16-8-4-6-10-18(16)22(20)21-17-9-5-3-7-15(17)11-13-19(21)25/h11-14,25H,3-10H2,1-2H3. The van der Waals surface area contributed by atoms with E-state index in [1.54, 1.807) is 4.90 Å². The SMILES string of the molecule is CN(C)C(=S)Oc1ccc2c(c1-c1c(O)ccc3c1CCCC3)CCCC2. The number of aromatic hydroxyl groups is 1. The maximum atomic E-state index is 10.9. The fourth-order valence-corrected chi connectivity index (χ4v) is 4.54. The number of phenols is 1. The third kappa shape index (κ3) is 3.43. The summed E-state index contributed by atoms with van der Waals surface area (Å²) in [5.41, 5.74) is 7.40. The van der Waals surface area contributed by atoms with Crippen molar-refractivity contribution in [3.8, 4) is 22.6 Å². The molecule has 4 heteroatoms. The molecule has 0 atom stereocenters. The van der Waals surface area contributed by atoms with Crippen LogP contribution < -0.4 is 4.74 Å². The highest BCUT2D eigenvalue weighted by Crippen LogP contribution is 2.46. The molecule has 0 aromatic heterocycles. The highest BCUT2D eigenvalue weighted by atomic mass is 32.1. The zero-order valence-electron chi connectivity index (χ0n) is 16.2. The van der Waals surface area contributed by atoms with Crippen LogP contribution in [-0.4, -0.2) is 29.3 Å². The van der Waals surface area contributed by atoms with Crippen LogP contribution in [0.5, 0.6) is 11.5 Å². The van der Waals surface area contributed by atoms with Gasteiger partial charge in [0.15, 0.2) is 0 Å². The van der Waals surface area contributed by atoms with Crippen molar-refractivity contribution >= 4 is 17.4 Å². The van der Waals surface area contributed by atoms with Gasteiger partial charge in [0.25, 0.3) is 5.17 Å². The molecule has 0 aliphatic heterocycles. The molecule has 3 nitrogen and oxygen atoms in total. The van der Waals surface area contributed by atoms with Crippen LogP contribution in [-0.2, 0) is 25.7 Å². The average molecular weight is 382 g/mol. The van der Waals surface area contributed by atoms with E-state index in [2.05, 4.69) is 12.1 Å². The molecular formula is C23H27NO2S. The van der Waals surface area contributed by atoms with Gasteiger partial charge in [0.2, 0.25) is 0 Å². The van der Waals surface area contributed by atoms with Crippen LogP contribution in [0, 0.1) is 0 Å². The van der Waals surface area contributed by atoms with E-state index in [9.17, 15) is 5.11 Å². The first-order valence-corrected chi connectivity index (χ1v) is 10.3. The summed E-state index contributed by atoms with van der Waals surface area (Å²) in [6, 6.07) is 8.17. The van der Waals surface area contributed by atoms with E-state index in [1.165, 1.54) is 47.9 Å². The third-order valence-electron chi connectivity index (χ3n) is 5.82. The summed E-state index contributed by atoms with van der Waals surface area (Å²) in [7, 11) is 3.78. The Kier molecular flexibility index (Phi) is 5.09. The molecule has 4 rings (SSSR count). The normalized spacial score (nSPS) is 15.6. The molecule has 2 aliphatic rings. The number of thiocarbonyl (C=S) groups is 1. The molecule has 27 heavy (non-hydrogen) atoms. The van der Waals surface area contributed by atoms with E-state index in [4.69, 9.17) is 17.0 Å². The highest BCUT2D eigenvalue weighted by Gasteiger charge is 2.26. The molecule has 0 heterocycles. The maximum absolute atomic E-state index is 10.9. The summed E-state index contributed by atoms with van der Waals surface area (Å²) in [4.78, 5) is 1.80. The van der Waals surface area contributed by atoms with Crippen molar-refractivity contribution in [2.24, 2.45) is 0 Å². The molecule has 2 aromatic rings. The zero-order valence-corrected chi connectivity index (χ0v) is 17.0. The molecule has 0 unspecified atom stereocenters.